The number of sulfone groups is 2. The molecule has 3 fully saturated rings. The van der Waals surface area contributed by atoms with Gasteiger partial charge in [-0.25, -0.2) is 16.8 Å². The summed E-state index contributed by atoms with van der Waals surface area (Å²) in [4.78, 5) is 12.3. The molecule has 1 aromatic carbocycles. The molecule has 1 aromatic rings. The first-order valence-electron chi connectivity index (χ1n) is 8.29. The molecule has 0 aliphatic carbocycles. The van der Waals surface area contributed by atoms with Crippen molar-refractivity contribution in [3.8, 4) is 0 Å². The topological polar surface area (TPSA) is 127 Å². The summed E-state index contributed by atoms with van der Waals surface area (Å²) in [6, 6.07) is 4.94. The van der Waals surface area contributed by atoms with Crippen LogP contribution in [0.15, 0.2) is 24.3 Å². The number of hydrogen-bond donors (Lipinski definition) is 1. The smallest absolute Gasteiger partial charge is 0.269 e. The second kappa shape index (κ2) is 5.98. The third-order valence-corrected chi connectivity index (χ3v) is 8.87. The summed E-state index contributed by atoms with van der Waals surface area (Å²) in [5, 5.41) is 14.0. The molecule has 0 bridgehead atoms. The Morgan fingerprint density at radius 1 is 0.962 bits per heavy atom. The number of nitro groups is 1. The van der Waals surface area contributed by atoms with Crippen molar-refractivity contribution in [2.75, 3.05) is 23.0 Å². The van der Waals surface area contributed by atoms with E-state index in [1.807, 2.05) is 4.90 Å². The molecule has 11 heteroatoms. The van der Waals surface area contributed by atoms with E-state index < -0.39 is 24.6 Å². The summed E-state index contributed by atoms with van der Waals surface area (Å²) < 4.78 is 48.4. The van der Waals surface area contributed by atoms with Crippen molar-refractivity contribution in [3.63, 3.8) is 0 Å². The number of rotatable bonds is 3. The number of nitrogens with zero attached hydrogens (tertiary/aromatic N) is 2. The standard InChI is InChI=1S/C15H19N3O6S2/c19-18(20)11-3-1-10(2-4-11)5-17-14-8-25(21,22)6-12(14)16-13-7-26(23,24)9-15(13)17/h1-4,12-16H,5-9H2/t12-,13-,14+,15+/m0/s1. The molecule has 4 atom stereocenters. The molecule has 0 amide bonds. The number of nitro benzene ring substituents is 1. The van der Waals surface area contributed by atoms with Crippen LogP contribution in [0.4, 0.5) is 5.69 Å². The Bertz CT molecular complexity index is 896. The van der Waals surface area contributed by atoms with Crippen LogP contribution < -0.4 is 5.32 Å². The Morgan fingerprint density at radius 3 is 1.92 bits per heavy atom. The van der Waals surface area contributed by atoms with Gasteiger partial charge in [-0.2, -0.15) is 0 Å². The van der Waals surface area contributed by atoms with Crippen molar-refractivity contribution >= 4 is 25.4 Å². The molecule has 3 aliphatic rings. The largest absolute Gasteiger partial charge is 0.306 e. The van der Waals surface area contributed by atoms with Crippen molar-refractivity contribution in [3.05, 3.63) is 39.9 Å². The third-order valence-electron chi connectivity index (χ3n) is 5.44. The van der Waals surface area contributed by atoms with Crippen LogP contribution in [-0.2, 0) is 26.2 Å². The van der Waals surface area contributed by atoms with Crippen molar-refractivity contribution in [2.24, 2.45) is 0 Å². The van der Waals surface area contributed by atoms with Gasteiger partial charge in [-0.15, -0.1) is 0 Å². The van der Waals surface area contributed by atoms with Gasteiger partial charge in [-0.1, -0.05) is 12.1 Å². The Morgan fingerprint density at radius 2 is 1.46 bits per heavy atom. The Kier molecular flexibility index (Phi) is 4.10. The van der Waals surface area contributed by atoms with E-state index in [9.17, 15) is 26.9 Å². The summed E-state index contributed by atoms with van der Waals surface area (Å²) in [7, 11) is -6.35. The van der Waals surface area contributed by atoms with Crippen molar-refractivity contribution < 1.29 is 21.8 Å². The first-order chi connectivity index (χ1) is 12.1. The highest BCUT2D eigenvalue weighted by Gasteiger charge is 2.53. The molecule has 0 spiro atoms. The predicted molar refractivity (Wildman–Crippen MR) is 94.2 cm³/mol. The average Bonchev–Trinajstić information content (AvgIpc) is 3.01. The second-order valence-corrected chi connectivity index (χ2v) is 11.6. The van der Waals surface area contributed by atoms with Gasteiger partial charge in [0.05, 0.1) is 27.9 Å². The fraction of sp³-hybridized carbons (Fsp3) is 0.600. The zero-order chi connectivity index (χ0) is 18.7. The minimum absolute atomic E-state index is 0.000908. The van der Waals surface area contributed by atoms with Crippen LogP contribution in [-0.4, -0.2) is 73.8 Å². The molecule has 26 heavy (non-hydrogen) atoms. The number of fused-ring (bicyclic) bond motifs is 2. The van der Waals surface area contributed by atoms with Gasteiger partial charge in [0.2, 0.25) is 0 Å². The van der Waals surface area contributed by atoms with Gasteiger partial charge in [-0.05, 0) is 5.56 Å². The summed E-state index contributed by atoms with van der Waals surface area (Å²) in [6.45, 7) is 0.368. The van der Waals surface area contributed by atoms with Crippen molar-refractivity contribution in [1.82, 2.24) is 10.2 Å². The second-order valence-electron chi connectivity index (χ2n) is 7.26. The number of nitrogens with one attached hydrogen (secondary N) is 1. The predicted octanol–water partition coefficient (Wildman–Crippen LogP) is -0.669. The maximum absolute atomic E-state index is 12.1. The molecule has 4 rings (SSSR count). The summed E-state index contributed by atoms with van der Waals surface area (Å²) in [5.41, 5.74) is 0.778. The Hall–Kier alpha value is -1.56. The van der Waals surface area contributed by atoms with Crippen LogP contribution in [0.2, 0.25) is 0 Å². The molecule has 1 N–H and O–H groups in total. The molecule has 0 saturated carbocycles. The molecular weight excluding hydrogens is 382 g/mol. The quantitative estimate of drug-likeness (QED) is 0.522. The average molecular weight is 401 g/mol. The number of non-ortho nitro benzene ring substituents is 1. The van der Waals surface area contributed by atoms with Crippen LogP contribution in [0.25, 0.3) is 0 Å². The highest BCUT2D eigenvalue weighted by molar-refractivity contribution is 7.92. The molecule has 0 unspecified atom stereocenters. The van der Waals surface area contributed by atoms with E-state index >= 15 is 0 Å². The highest BCUT2D eigenvalue weighted by atomic mass is 32.2. The molecule has 142 valence electrons. The van der Waals surface area contributed by atoms with Crippen LogP contribution in [0.5, 0.6) is 0 Å². The maximum Gasteiger partial charge on any atom is 0.269 e. The minimum Gasteiger partial charge on any atom is -0.306 e. The lowest BCUT2D eigenvalue weighted by Crippen LogP contribution is -2.66. The van der Waals surface area contributed by atoms with Crippen LogP contribution in [0, 0.1) is 10.1 Å². The molecule has 3 aliphatic heterocycles. The zero-order valence-electron chi connectivity index (χ0n) is 13.8. The molecule has 0 radical (unpaired) electrons. The van der Waals surface area contributed by atoms with Crippen LogP contribution in [0.3, 0.4) is 0 Å². The normalized spacial score (nSPS) is 34.9. The maximum atomic E-state index is 12.1. The van der Waals surface area contributed by atoms with Gasteiger partial charge >= 0.3 is 0 Å². The van der Waals surface area contributed by atoms with Gasteiger partial charge in [0.25, 0.3) is 5.69 Å². The van der Waals surface area contributed by atoms with E-state index in [0.29, 0.717) is 6.54 Å². The van der Waals surface area contributed by atoms with Gasteiger partial charge in [0.15, 0.2) is 19.7 Å². The van der Waals surface area contributed by atoms with Gasteiger partial charge in [0.1, 0.15) is 0 Å². The zero-order valence-corrected chi connectivity index (χ0v) is 15.4. The van der Waals surface area contributed by atoms with Gasteiger partial charge in [-0.3, -0.25) is 15.0 Å². The molecule has 9 nitrogen and oxygen atoms in total. The molecular formula is C15H19N3O6S2. The van der Waals surface area contributed by atoms with E-state index in [4.69, 9.17) is 0 Å². The van der Waals surface area contributed by atoms with E-state index in [2.05, 4.69) is 5.32 Å². The lowest BCUT2D eigenvalue weighted by Gasteiger charge is -2.45. The van der Waals surface area contributed by atoms with E-state index in [1.54, 1.807) is 12.1 Å². The number of benzene rings is 1. The van der Waals surface area contributed by atoms with Crippen molar-refractivity contribution in [2.45, 2.75) is 30.7 Å². The van der Waals surface area contributed by atoms with E-state index in [1.165, 1.54) is 12.1 Å². The van der Waals surface area contributed by atoms with Gasteiger partial charge in [0, 0.05) is 42.8 Å². The number of piperazine rings is 1. The lowest BCUT2D eigenvalue weighted by molar-refractivity contribution is -0.384. The molecule has 3 saturated heterocycles. The fourth-order valence-corrected chi connectivity index (χ4v) is 8.21. The van der Waals surface area contributed by atoms with Gasteiger partial charge < -0.3 is 5.32 Å². The van der Waals surface area contributed by atoms with Crippen molar-refractivity contribution in [1.29, 1.82) is 0 Å². The summed E-state index contributed by atoms with van der Waals surface area (Å²) >= 11 is 0. The fourth-order valence-electron chi connectivity index (χ4n) is 4.32. The first kappa shape index (κ1) is 17.8. The monoisotopic (exact) mass is 401 g/mol. The lowest BCUT2D eigenvalue weighted by atomic mass is 9.96. The highest BCUT2D eigenvalue weighted by Crippen LogP contribution is 2.33. The molecule has 0 aromatic heterocycles. The van der Waals surface area contributed by atoms with E-state index in [-0.39, 0.29) is 52.9 Å². The Balaban J connectivity index is 1.64. The first-order valence-corrected chi connectivity index (χ1v) is 11.9. The summed E-state index contributed by atoms with van der Waals surface area (Å²) in [5.74, 6) is 0.0250. The minimum atomic E-state index is -3.17. The molecule has 3 heterocycles. The van der Waals surface area contributed by atoms with Crippen LogP contribution in [0.1, 0.15) is 5.56 Å². The summed E-state index contributed by atoms with van der Waals surface area (Å²) in [6.07, 6.45) is 0. The van der Waals surface area contributed by atoms with E-state index in [0.717, 1.165) is 5.56 Å². The van der Waals surface area contributed by atoms with Crippen LogP contribution >= 0.6 is 0 Å². The third kappa shape index (κ3) is 3.24. The number of hydrogen-bond acceptors (Lipinski definition) is 8. The Labute approximate surface area is 151 Å². The SMILES string of the molecule is O=[N+]([O-])c1ccc(CN2[C@@H]3CS(=O)(=O)C[C@@H]3N[C@H]3CS(=O)(=O)C[C@H]32)cc1.